The monoisotopic (exact) mass is 336 g/mol. The third kappa shape index (κ3) is 4.71. The first-order valence-corrected chi connectivity index (χ1v) is 7.87. The van der Waals surface area contributed by atoms with Crippen LogP contribution in [-0.4, -0.2) is 66.9 Å². The third-order valence-corrected chi connectivity index (χ3v) is 4.00. The first-order chi connectivity index (χ1) is 11.4. The van der Waals surface area contributed by atoms with Crippen LogP contribution in [0.15, 0.2) is 17.1 Å². The number of carbonyl (C=O) groups excluding carboxylic acids is 2. The first kappa shape index (κ1) is 17.8. The molecule has 0 bridgehead atoms. The molecule has 1 saturated heterocycles. The van der Waals surface area contributed by atoms with E-state index in [9.17, 15) is 14.4 Å². The zero-order valence-electron chi connectivity index (χ0n) is 14.3. The van der Waals surface area contributed by atoms with E-state index in [0.29, 0.717) is 12.5 Å². The molecular formula is C15H24N6O3. The van der Waals surface area contributed by atoms with Crippen molar-refractivity contribution in [3.63, 3.8) is 0 Å². The molecule has 2 rings (SSSR count). The van der Waals surface area contributed by atoms with Gasteiger partial charge >= 0.3 is 6.03 Å². The highest BCUT2D eigenvalue weighted by Gasteiger charge is 2.23. The molecule has 0 radical (unpaired) electrons. The number of carbonyl (C=O) groups is 2. The maximum absolute atomic E-state index is 11.7. The summed E-state index contributed by atoms with van der Waals surface area (Å²) in [6.45, 7) is 2.10. The molecule has 0 spiro atoms. The van der Waals surface area contributed by atoms with E-state index in [-0.39, 0.29) is 24.0 Å². The van der Waals surface area contributed by atoms with E-state index >= 15 is 0 Å². The molecule has 1 aromatic rings. The van der Waals surface area contributed by atoms with Crippen LogP contribution in [-0.2, 0) is 11.8 Å². The summed E-state index contributed by atoms with van der Waals surface area (Å²) >= 11 is 0. The zero-order valence-corrected chi connectivity index (χ0v) is 14.3. The molecule has 1 fully saturated rings. The molecule has 0 aromatic carbocycles. The predicted octanol–water partition coefficient (Wildman–Crippen LogP) is -1.01. The Kier molecular flexibility index (Phi) is 5.78. The Bertz CT molecular complexity index is 657. The Hall–Kier alpha value is -2.58. The van der Waals surface area contributed by atoms with Crippen LogP contribution >= 0.6 is 0 Å². The second-order valence-corrected chi connectivity index (χ2v) is 6.13. The summed E-state index contributed by atoms with van der Waals surface area (Å²) in [5.41, 5.74) is 0.672. The van der Waals surface area contributed by atoms with Crippen LogP contribution in [0.3, 0.4) is 0 Å². The average molecular weight is 336 g/mol. The minimum Gasteiger partial charge on any atom is -0.370 e. The van der Waals surface area contributed by atoms with E-state index in [2.05, 4.69) is 20.6 Å². The lowest BCUT2D eigenvalue weighted by Crippen LogP contribution is -2.42. The van der Waals surface area contributed by atoms with E-state index < -0.39 is 0 Å². The van der Waals surface area contributed by atoms with Crippen molar-refractivity contribution >= 4 is 17.6 Å². The number of amides is 3. The van der Waals surface area contributed by atoms with Gasteiger partial charge in [0.05, 0.1) is 18.4 Å². The van der Waals surface area contributed by atoms with Crippen LogP contribution in [0.25, 0.3) is 0 Å². The van der Waals surface area contributed by atoms with Gasteiger partial charge in [0.15, 0.2) is 0 Å². The number of anilines is 1. The number of aromatic nitrogens is 2. The van der Waals surface area contributed by atoms with Crippen molar-refractivity contribution in [2.45, 2.75) is 6.42 Å². The minimum absolute atomic E-state index is 0.0356. The Morgan fingerprint density at radius 3 is 2.79 bits per heavy atom. The SMILES string of the molecule is CN(C)C(=O)NCC(=O)NCC1CCN(c2cnn(C)c(=O)c2)C1. The summed E-state index contributed by atoms with van der Waals surface area (Å²) in [6.07, 6.45) is 2.61. The van der Waals surface area contributed by atoms with E-state index in [1.807, 2.05) is 0 Å². The molecule has 1 aromatic heterocycles. The summed E-state index contributed by atoms with van der Waals surface area (Å²) in [7, 11) is 4.85. The van der Waals surface area contributed by atoms with E-state index in [1.54, 1.807) is 33.4 Å². The fourth-order valence-electron chi connectivity index (χ4n) is 2.50. The van der Waals surface area contributed by atoms with Crippen LogP contribution in [0.1, 0.15) is 6.42 Å². The van der Waals surface area contributed by atoms with Crippen molar-refractivity contribution in [3.05, 3.63) is 22.6 Å². The van der Waals surface area contributed by atoms with Crippen LogP contribution in [0, 0.1) is 5.92 Å². The molecule has 9 nitrogen and oxygen atoms in total. The maximum Gasteiger partial charge on any atom is 0.317 e. The number of rotatable bonds is 5. The topological polar surface area (TPSA) is 99.6 Å². The molecule has 2 heterocycles. The second kappa shape index (κ2) is 7.80. The Morgan fingerprint density at radius 1 is 1.38 bits per heavy atom. The number of nitrogens with zero attached hydrogens (tertiary/aromatic N) is 4. The van der Waals surface area contributed by atoms with Gasteiger partial charge in [0.25, 0.3) is 5.56 Å². The molecule has 9 heteroatoms. The van der Waals surface area contributed by atoms with Crippen molar-refractivity contribution < 1.29 is 9.59 Å². The second-order valence-electron chi connectivity index (χ2n) is 6.13. The number of aryl methyl sites for hydroxylation is 1. The Morgan fingerprint density at radius 2 is 2.12 bits per heavy atom. The van der Waals surface area contributed by atoms with Gasteiger partial charge < -0.3 is 20.4 Å². The van der Waals surface area contributed by atoms with E-state index in [4.69, 9.17) is 0 Å². The lowest BCUT2D eigenvalue weighted by atomic mass is 10.1. The largest absolute Gasteiger partial charge is 0.370 e. The quantitative estimate of drug-likeness (QED) is 0.718. The molecule has 1 atom stereocenters. The molecule has 132 valence electrons. The standard InChI is InChI=1S/C15H24N6O3/c1-19(2)15(24)17-9-13(22)16-7-11-4-5-21(10-11)12-6-14(23)20(3)18-8-12/h6,8,11H,4-5,7,9-10H2,1-3H3,(H,16,22)(H,17,24). The van der Waals surface area contributed by atoms with Gasteiger partial charge in [-0.2, -0.15) is 5.10 Å². The van der Waals surface area contributed by atoms with Gasteiger partial charge in [-0.05, 0) is 12.3 Å². The van der Waals surface area contributed by atoms with Crippen molar-refractivity contribution in [2.24, 2.45) is 13.0 Å². The van der Waals surface area contributed by atoms with E-state index in [0.717, 1.165) is 25.2 Å². The van der Waals surface area contributed by atoms with Crippen LogP contribution in [0.5, 0.6) is 0 Å². The third-order valence-electron chi connectivity index (χ3n) is 4.00. The van der Waals surface area contributed by atoms with Crippen molar-refractivity contribution in [1.82, 2.24) is 25.3 Å². The van der Waals surface area contributed by atoms with Gasteiger partial charge in [-0.1, -0.05) is 0 Å². The lowest BCUT2D eigenvalue weighted by Gasteiger charge is -2.18. The normalized spacial score (nSPS) is 16.8. The highest BCUT2D eigenvalue weighted by molar-refractivity contribution is 5.83. The smallest absolute Gasteiger partial charge is 0.317 e. The van der Waals surface area contributed by atoms with Gasteiger partial charge in [0.1, 0.15) is 0 Å². The molecule has 2 N–H and O–H groups in total. The van der Waals surface area contributed by atoms with Crippen LogP contribution < -0.4 is 21.1 Å². The molecule has 1 unspecified atom stereocenters. The fraction of sp³-hybridized carbons (Fsp3) is 0.600. The number of nitrogens with one attached hydrogen (secondary N) is 2. The molecule has 3 amide bonds. The van der Waals surface area contributed by atoms with Gasteiger partial charge in [0.2, 0.25) is 5.91 Å². The number of hydrogen-bond donors (Lipinski definition) is 2. The molecule has 0 saturated carbocycles. The number of hydrogen-bond acceptors (Lipinski definition) is 5. The van der Waals surface area contributed by atoms with Gasteiger partial charge in [-0.3, -0.25) is 9.59 Å². The fourth-order valence-corrected chi connectivity index (χ4v) is 2.50. The van der Waals surface area contributed by atoms with E-state index in [1.165, 1.54) is 9.58 Å². The van der Waals surface area contributed by atoms with Gasteiger partial charge in [-0.25, -0.2) is 9.48 Å². The summed E-state index contributed by atoms with van der Waals surface area (Å²) in [4.78, 5) is 38.2. The van der Waals surface area contributed by atoms with Crippen LogP contribution in [0.2, 0.25) is 0 Å². The average Bonchev–Trinajstić information content (AvgIpc) is 3.02. The number of urea groups is 1. The first-order valence-electron chi connectivity index (χ1n) is 7.87. The summed E-state index contributed by atoms with van der Waals surface area (Å²) in [6, 6.07) is 1.28. The molecule has 0 aliphatic carbocycles. The highest BCUT2D eigenvalue weighted by atomic mass is 16.2. The maximum atomic E-state index is 11.7. The summed E-state index contributed by atoms with van der Waals surface area (Å²) < 4.78 is 1.29. The Labute approximate surface area is 140 Å². The minimum atomic E-state index is -0.296. The highest BCUT2D eigenvalue weighted by Crippen LogP contribution is 2.21. The molecule has 24 heavy (non-hydrogen) atoms. The molecular weight excluding hydrogens is 312 g/mol. The summed E-state index contributed by atoms with van der Waals surface area (Å²) in [5.74, 6) is 0.0986. The molecule has 1 aliphatic heterocycles. The van der Waals surface area contributed by atoms with Gasteiger partial charge in [0, 0.05) is 46.8 Å². The van der Waals surface area contributed by atoms with Crippen molar-refractivity contribution in [1.29, 1.82) is 0 Å². The van der Waals surface area contributed by atoms with Crippen molar-refractivity contribution in [2.75, 3.05) is 45.2 Å². The van der Waals surface area contributed by atoms with Gasteiger partial charge in [-0.15, -0.1) is 0 Å². The zero-order chi connectivity index (χ0) is 17.7. The predicted molar refractivity (Wildman–Crippen MR) is 89.9 cm³/mol. The van der Waals surface area contributed by atoms with Crippen molar-refractivity contribution in [3.8, 4) is 0 Å². The Balaban J connectivity index is 1.75. The van der Waals surface area contributed by atoms with Crippen LogP contribution in [0.4, 0.5) is 10.5 Å². The molecule has 1 aliphatic rings. The lowest BCUT2D eigenvalue weighted by molar-refractivity contribution is -0.120. The summed E-state index contributed by atoms with van der Waals surface area (Å²) in [5, 5.41) is 9.38.